The van der Waals surface area contributed by atoms with Crippen molar-refractivity contribution in [3.8, 4) is 40.1 Å². The third kappa shape index (κ3) is 8.83. The second kappa shape index (κ2) is 18.8. The van der Waals surface area contributed by atoms with Gasteiger partial charge in [-0.15, -0.1) is 0 Å². The molecule has 0 radical (unpaired) electrons. The predicted molar refractivity (Wildman–Crippen MR) is 230 cm³/mol. The normalized spacial score (nSPS) is 25.6. The Morgan fingerprint density at radius 1 is 0.697 bits per heavy atom. The van der Waals surface area contributed by atoms with Crippen molar-refractivity contribution in [1.82, 2.24) is 0 Å². The summed E-state index contributed by atoms with van der Waals surface area (Å²) in [5.41, 5.74) is -1.43. The van der Waals surface area contributed by atoms with E-state index in [9.17, 15) is 75.7 Å². The Labute approximate surface area is 374 Å². The number of rotatable bonds is 11. The number of ether oxygens (including phenoxy) is 3. The third-order valence-electron chi connectivity index (χ3n) is 11.8. The summed E-state index contributed by atoms with van der Waals surface area (Å²) < 4.78 is 23.3. The van der Waals surface area contributed by atoms with Crippen LogP contribution in [0.2, 0.25) is 0 Å². The summed E-state index contributed by atoms with van der Waals surface area (Å²) in [6.45, 7) is 2.78. The molecule has 0 spiro atoms. The molecule has 10 atom stereocenters. The van der Waals surface area contributed by atoms with Crippen LogP contribution in [0.15, 0.2) is 69.9 Å². The minimum absolute atomic E-state index is 0.0185. The average Bonchev–Trinajstić information content (AvgIpc) is 3.25. The van der Waals surface area contributed by atoms with Crippen molar-refractivity contribution in [3.05, 3.63) is 115 Å². The molecule has 7 rings (SSSR count). The first-order valence-electron chi connectivity index (χ1n) is 20.6. The van der Waals surface area contributed by atoms with E-state index in [1.807, 2.05) is 0 Å². The van der Waals surface area contributed by atoms with Crippen LogP contribution in [0.25, 0.3) is 28.4 Å². The number of phenolic OH excluding ortho intramolecular Hbond substituents is 5. The van der Waals surface area contributed by atoms with Crippen LogP contribution in [0.3, 0.4) is 0 Å². The fraction of sp³-hybridized carbons (Fsp3) is 0.340. The van der Waals surface area contributed by atoms with Crippen LogP contribution in [-0.2, 0) is 25.4 Å². The number of carbonyl (C=O) groups is 2. The molecule has 2 aliphatic heterocycles. The highest BCUT2D eigenvalue weighted by atomic mass is 16.6. The molecule has 12 N–H and O–H groups in total. The number of esters is 1. The Kier molecular flexibility index (Phi) is 13.6. The van der Waals surface area contributed by atoms with E-state index in [-0.39, 0.29) is 50.3 Å². The Morgan fingerprint density at radius 3 is 1.95 bits per heavy atom. The number of aliphatic hydroxyl groups is 7. The number of hydrogen-bond acceptors (Lipinski definition) is 19. The van der Waals surface area contributed by atoms with Crippen molar-refractivity contribution < 1.29 is 89.5 Å². The molecule has 0 amide bonds. The molecule has 1 aromatic heterocycles. The number of phenols is 5. The molecule has 2 fully saturated rings. The van der Waals surface area contributed by atoms with Crippen molar-refractivity contribution in [2.45, 2.75) is 88.2 Å². The lowest BCUT2D eigenvalue weighted by molar-refractivity contribution is -0.240. The van der Waals surface area contributed by atoms with Gasteiger partial charge in [-0.1, -0.05) is 18.2 Å². The molecule has 19 nitrogen and oxygen atoms in total. The van der Waals surface area contributed by atoms with Gasteiger partial charge in [0.2, 0.25) is 0 Å². The zero-order valence-electron chi connectivity index (χ0n) is 35.5. The number of Topliss-reactive ketones (excluding diaryl/α,β-unsaturated/α-hetero) is 1. The fourth-order valence-electron chi connectivity index (χ4n) is 8.60. The average molecular weight is 917 g/mol. The van der Waals surface area contributed by atoms with Gasteiger partial charge in [-0.05, 0) is 85.0 Å². The second-order valence-corrected chi connectivity index (χ2v) is 16.4. The van der Waals surface area contributed by atoms with E-state index in [0.29, 0.717) is 11.1 Å². The minimum atomic E-state index is -1.97. The summed E-state index contributed by atoms with van der Waals surface area (Å²) in [7, 11) is 0. The molecule has 0 aliphatic carbocycles. The number of aromatic hydroxyl groups is 5. The first kappa shape index (κ1) is 47.6. The summed E-state index contributed by atoms with van der Waals surface area (Å²) in [5, 5.41) is 129. The molecule has 4 aromatic carbocycles. The maximum absolute atomic E-state index is 14.5. The zero-order valence-corrected chi connectivity index (χ0v) is 35.5. The molecule has 350 valence electrons. The van der Waals surface area contributed by atoms with Gasteiger partial charge in [-0.25, -0.2) is 4.79 Å². The Bertz CT molecular complexity index is 2760. The van der Waals surface area contributed by atoms with E-state index in [1.165, 1.54) is 62.4 Å². The third-order valence-corrected chi connectivity index (χ3v) is 11.8. The van der Waals surface area contributed by atoms with E-state index in [1.54, 1.807) is 6.92 Å². The zero-order chi connectivity index (χ0) is 48.0. The number of fused-ring (bicyclic) bond motifs is 1. The van der Waals surface area contributed by atoms with Crippen LogP contribution in [0, 0.1) is 20.8 Å². The van der Waals surface area contributed by atoms with Gasteiger partial charge in [0.05, 0.1) is 40.9 Å². The molecule has 0 unspecified atom stereocenters. The van der Waals surface area contributed by atoms with Crippen LogP contribution in [0.4, 0.5) is 0 Å². The van der Waals surface area contributed by atoms with Crippen molar-refractivity contribution in [1.29, 1.82) is 0 Å². The summed E-state index contributed by atoms with van der Waals surface area (Å²) in [6.07, 6.45) is -15.9. The number of carbonyl (C=O) groups excluding carboxylic acids is 2. The predicted octanol–water partition coefficient (Wildman–Crippen LogP) is 1.63. The van der Waals surface area contributed by atoms with Gasteiger partial charge >= 0.3 is 5.97 Å². The van der Waals surface area contributed by atoms with Gasteiger partial charge in [0, 0.05) is 18.6 Å². The highest BCUT2D eigenvalue weighted by Crippen LogP contribution is 2.47. The molecule has 0 saturated carbocycles. The highest BCUT2D eigenvalue weighted by molar-refractivity contribution is 6.03. The Morgan fingerprint density at radius 2 is 1.30 bits per heavy atom. The van der Waals surface area contributed by atoms with Gasteiger partial charge in [0.1, 0.15) is 95.0 Å². The largest absolute Gasteiger partial charge is 0.508 e. The van der Waals surface area contributed by atoms with Crippen LogP contribution in [-0.4, -0.2) is 135 Å². The summed E-state index contributed by atoms with van der Waals surface area (Å²) >= 11 is 0. The van der Waals surface area contributed by atoms with E-state index in [4.69, 9.17) is 18.6 Å². The number of hydrogen-bond donors (Lipinski definition) is 12. The van der Waals surface area contributed by atoms with Gasteiger partial charge in [-0.2, -0.15) is 0 Å². The van der Waals surface area contributed by atoms with Crippen LogP contribution < -0.4 is 5.43 Å². The molecule has 66 heavy (non-hydrogen) atoms. The lowest BCUT2D eigenvalue weighted by Crippen LogP contribution is -2.56. The number of benzene rings is 4. The number of ketones is 1. The van der Waals surface area contributed by atoms with Crippen LogP contribution in [0.5, 0.6) is 28.7 Å². The fourth-order valence-corrected chi connectivity index (χ4v) is 8.60. The second-order valence-electron chi connectivity index (χ2n) is 16.4. The van der Waals surface area contributed by atoms with Crippen LogP contribution >= 0.6 is 0 Å². The summed E-state index contributed by atoms with van der Waals surface area (Å²) in [5.74, 6) is -4.92. The van der Waals surface area contributed by atoms with E-state index in [0.717, 1.165) is 18.2 Å². The van der Waals surface area contributed by atoms with Gasteiger partial charge in [0.25, 0.3) is 0 Å². The molecule has 0 bridgehead atoms. The Balaban J connectivity index is 1.29. The Hall–Kier alpha value is -6.39. The van der Waals surface area contributed by atoms with Crippen molar-refractivity contribution in [3.63, 3.8) is 0 Å². The summed E-state index contributed by atoms with van der Waals surface area (Å²) in [4.78, 5) is 41.5. The maximum Gasteiger partial charge on any atom is 0.331 e. The van der Waals surface area contributed by atoms with Crippen molar-refractivity contribution in [2.75, 3.05) is 13.2 Å². The highest BCUT2D eigenvalue weighted by Gasteiger charge is 2.49. The first-order chi connectivity index (χ1) is 31.2. The number of aryl methyl sites for hydroxylation is 3. The lowest BCUT2D eigenvalue weighted by Gasteiger charge is -2.42. The van der Waals surface area contributed by atoms with Gasteiger partial charge in [-0.3, -0.25) is 9.59 Å². The monoisotopic (exact) mass is 916 g/mol. The topological polar surface area (TPSA) is 335 Å². The molecule has 5 aromatic rings. The SMILES string of the molecule is Cc1cc(O)c(-c2cc(=O)c3c(C)cc(O)c([C@@H]4O[C@H](CO)[C@@H](O)[C@H](O)[C@H]4O)c3o2)c(CC(=O)c2c(C)cc(O)c([C@@H]3O[C@H](CO)[C@@H](O)[C@H](O)[C@H]3OC(=O)/C=C/c3ccc(O)cc3)c2O)c1. The standard InChI is InChI=1S/C47H48O19/c1-18-10-22(35(24(51)11-18)29-15-28(55)34-20(3)13-26(53)37(44(34)63-29)45-43(62)41(60)38(57)30(16-48)64-45)14-27(54)33-19(2)12-25(52)36(40(33)59)46-47(42(61)39(58)31(17-49)65-46)66-32(56)9-6-21-4-7-23(50)8-5-21/h4-13,15,30-31,38-39,41-43,45-53,57-62H,14,16-17H2,1-3H3/b9-6+/t30-,31-,38-,39-,41+,42+,43-,45+,46+,47-/m1/s1. The smallest absolute Gasteiger partial charge is 0.331 e. The van der Waals surface area contributed by atoms with Gasteiger partial charge < -0.3 is 79.9 Å². The van der Waals surface area contributed by atoms with Crippen molar-refractivity contribution >= 4 is 28.8 Å². The first-order valence-corrected chi connectivity index (χ1v) is 20.6. The van der Waals surface area contributed by atoms with Crippen molar-refractivity contribution in [2.24, 2.45) is 0 Å². The molecule has 19 heteroatoms. The molecule has 3 heterocycles. The van der Waals surface area contributed by atoms with Gasteiger partial charge in [0.15, 0.2) is 17.3 Å². The molecular formula is C47H48O19. The lowest BCUT2D eigenvalue weighted by atomic mass is 9.86. The quantitative estimate of drug-likeness (QED) is 0.0509. The molecular weight excluding hydrogens is 868 g/mol. The number of aliphatic hydroxyl groups excluding tert-OH is 7. The molecule has 2 saturated heterocycles. The summed E-state index contributed by atoms with van der Waals surface area (Å²) in [6, 6.07) is 11.8. The maximum atomic E-state index is 14.5. The minimum Gasteiger partial charge on any atom is -0.508 e. The van der Waals surface area contributed by atoms with E-state index in [2.05, 4.69) is 0 Å². The molecule has 2 aliphatic rings. The van der Waals surface area contributed by atoms with E-state index >= 15 is 0 Å². The van der Waals surface area contributed by atoms with E-state index < -0.39 is 132 Å². The van der Waals surface area contributed by atoms with Crippen LogP contribution in [0.1, 0.15) is 61.5 Å².